The number of nitro benzene ring substituents is 1. The predicted molar refractivity (Wildman–Crippen MR) is 128 cm³/mol. The normalized spacial score (nSPS) is 10.6. The molecule has 1 heterocycles. The highest BCUT2D eigenvalue weighted by Gasteiger charge is 2.20. The third-order valence-electron chi connectivity index (χ3n) is 4.72. The van der Waals surface area contributed by atoms with Crippen LogP contribution < -0.4 is 19.5 Å². The number of ether oxygens (including phenoxy) is 3. The lowest BCUT2D eigenvalue weighted by Crippen LogP contribution is -2.15. The van der Waals surface area contributed by atoms with E-state index >= 15 is 0 Å². The molecule has 0 radical (unpaired) electrons. The average molecular weight is 508 g/mol. The van der Waals surface area contributed by atoms with Crippen LogP contribution in [0.3, 0.4) is 0 Å². The van der Waals surface area contributed by atoms with Gasteiger partial charge in [-0.15, -0.1) is 10.2 Å². The maximum absolute atomic E-state index is 12.5. The number of nitrogens with zero attached hydrogens (tertiary/aromatic N) is 4. The standard InChI is InChI=1S/C21H22ClN5O6S/c1-5-26-20(12-8-16(31-2)19(33-4)17(9-12)32-3)24-25-21(26)34-11-18(28)23-15-10-13(27(29)30)6-7-14(15)22/h6-10H,5,11H2,1-4H3,(H,23,28). The van der Waals surface area contributed by atoms with E-state index in [0.717, 1.165) is 0 Å². The minimum Gasteiger partial charge on any atom is -0.493 e. The Kier molecular flexibility index (Phi) is 8.18. The third kappa shape index (κ3) is 5.34. The topological polar surface area (TPSA) is 131 Å². The first-order valence-corrected chi connectivity index (χ1v) is 11.3. The van der Waals surface area contributed by atoms with Gasteiger partial charge in [-0.2, -0.15) is 0 Å². The second-order valence-electron chi connectivity index (χ2n) is 6.72. The van der Waals surface area contributed by atoms with Crippen molar-refractivity contribution in [1.29, 1.82) is 0 Å². The quantitative estimate of drug-likeness (QED) is 0.242. The van der Waals surface area contributed by atoms with Gasteiger partial charge < -0.3 is 24.1 Å². The summed E-state index contributed by atoms with van der Waals surface area (Å²) in [6.07, 6.45) is 0. The third-order valence-corrected chi connectivity index (χ3v) is 6.02. The molecule has 0 unspecified atom stereocenters. The fourth-order valence-electron chi connectivity index (χ4n) is 3.14. The zero-order valence-corrected chi connectivity index (χ0v) is 20.4. The van der Waals surface area contributed by atoms with E-state index < -0.39 is 10.8 Å². The molecule has 0 aliphatic rings. The SMILES string of the molecule is CCn1c(SCC(=O)Nc2cc([N+](=O)[O-])ccc2Cl)nnc1-c1cc(OC)c(OC)c(OC)c1. The number of amides is 1. The number of hydrogen-bond donors (Lipinski definition) is 1. The first kappa shape index (κ1) is 25.1. The fourth-order valence-corrected chi connectivity index (χ4v) is 4.11. The van der Waals surface area contributed by atoms with Crippen molar-refractivity contribution in [3.05, 3.63) is 45.5 Å². The number of methoxy groups -OCH3 is 3. The molecule has 34 heavy (non-hydrogen) atoms. The molecule has 0 atom stereocenters. The maximum atomic E-state index is 12.5. The average Bonchev–Trinajstić information content (AvgIpc) is 3.25. The number of nitro groups is 1. The Morgan fingerprint density at radius 2 is 1.82 bits per heavy atom. The van der Waals surface area contributed by atoms with Crippen molar-refractivity contribution in [3.8, 4) is 28.6 Å². The van der Waals surface area contributed by atoms with E-state index in [0.29, 0.717) is 40.3 Å². The summed E-state index contributed by atoms with van der Waals surface area (Å²) in [5.74, 6) is 1.57. The molecule has 3 aromatic rings. The second-order valence-corrected chi connectivity index (χ2v) is 8.07. The van der Waals surface area contributed by atoms with Gasteiger partial charge >= 0.3 is 0 Å². The van der Waals surface area contributed by atoms with Crippen LogP contribution in [0, 0.1) is 10.1 Å². The Balaban J connectivity index is 1.80. The minimum absolute atomic E-state index is 0.00753. The summed E-state index contributed by atoms with van der Waals surface area (Å²) in [7, 11) is 4.58. The summed E-state index contributed by atoms with van der Waals surface area (Å²) in [5.41, 5.74) is 0.688. The zero-order valence-electron chi connectivity index (χ0n) is 18.8. The molecule has 180 valence electrons. The van der Waals surface area contributed by atoms with Crippen LogP contribution in [0.4, 0.5) is 11.4 Å². The van der Waals surface area contributed by atoms with Crippen molar-refractivity contribution in [1.82, 2.24) is 14.8 Å². The predicted octanol–water partition coefficient (Wildman–Crippen LogP) is 4.28. The van der Waals surface area contributed by atoms with Crippen LogP contribution in [-0.2, 0) is 11.3 Å². The van der Waals surface area contributed by atoms with Crippen molar-refractivity contribution in [2.75, 3.05) is 32.4 Å². The van der Waals surface area contributed by atoms with Crippen LogP contribution >= 0.6 is 23.4 Å². The molecule has 3 rings (SSSR count). The number of halogens is 1. The van der Waals surface area contributed by atoms with E-state index in [1.165, 1.54) is 51.3 Å². The highest BCUT2D eigenvalue weighted by molar-refractivity contribution is 7.99. The molecular weight excluding hydrogens is 486 g/mol. The summed E-state index contributed by atoms with van der Waals surface area (Å²) < 4.78 is 18.0. The van der Waals surface area contributed by atoms with Gasteiger partial charge in [0.05, 0.1) is 42.7 Å². The molecule has 2 aromatic carbocycles. The number of nitrogens with one attached hydrogen (secondary N) is 1. The van der Waals surface area contributed by atoms with Crippen molar-refractivity contribution in [2.45, 2.75) is 18.6 Å². The second kappa shape index (κ2) is 11.1. The van der Waals surface area contributed by atoms with Crippen LogP contribution in [0.1, 0.15) is 6.92 Å². The van der Waals surface area contributed by atoms with Crippen molar-refractivity contribution in [2.24, 2.45) is 0 Å². The number of carbonyl (C=O) groups is 1. The Bertz CT molecular complexity index is 1190. The lowest BCUT2D eigenvalue weighted by atomic mass is 10.1. The summed E-state index contributed by atoms with van der Waals surface area (Å²) >= 11 is 7.22. The van der Waals surface area contributed by atoms with Crippen LogP contribution in [0.25, 0.3) is 11.4 Å². The van der Waals surface area contributed by atoms with Crippen LogP contribution in [0.15, 0.2) is 35.5 Å². The molecule has 0 aliphatic heterocycles. The highest BCUT2D eigenvalue weighted by Crippen LogP contribution is 2.41. The van der Waals surface area contributed by atoms with Gasteiger partial charge in [-0.1, -0.05) is 23.4 Å². The number of benzene rings is 2. The van der Waals surface area contributed by atoms with E-state index in [1.54, 1.807) is 12.1 Å². The molecule has 1 amide bonds. The van der Waals surface area contributed by atoms with Gasteiger partial charge in [0, 0.05) is 24.2 Å². The van der Waals surface area contributed by atoms with Crippen LogP contribution in [0.5, 0.6) is 17.2 Å². The molecule has 1 N–H and O–H groups in total. The highest BCUT2D eigenvalue weighted by atomic mass is 35.5. The number of anilines is 1. The Morgan fingerprint density at radius 3 is 2.38 bits per heavy atom. The molecule has 0 spiro atoms. The zero-order chi connectivity index (χ0) is 24.8. The van der Waals surface area contributed by atoms with Crippen molar-refractivity contribution < 1.29 is 23.9 Å². The largest absolute Gasteiger partial charge is 0.493 e. The molecule has 0 saturated carbocycles. The lowest BCUT2D eigenvalue weighted by molar-refractivity contribution is -0.384. The summed E-state index contributed by atoms with van der Waals surface area (Å²) in [6.45, 7) is 2.47. The van der Waals surface area contributed by atoms with Gasteiger partial charge in [0.15, 0.2) is 22.5 Å². The lowest BCUT2D eigenvalue weighted by Gasteiger charge is -2.14. The first-order chi connectivity index (χ1) is 16.3. The number of rotatable bonds is 10. The molecule has 0 fully saturated rings. The van der Waals surface area contributed by atoms with Gasteiger partial charge in [-0.3, -0.25) is 14.9 Å². The molecule has 13 heteroatoms. The molecule has 0 bridgehead atoms. The summed E-state index contributed by atoms with van der Waals surface area (Å²) in [6, 6.07) is 7.37. The van der Waals surface area contributed by atoms with E-state index in [-0.39, 0.29) is 22.2 Å². The monoisotopic (exact) mass is 507 g/mol. The van der Waals surface area contributed by atoms with Crippen molar-refractivity contribution >= 4 is 40.6 Å². The Labute approximate surface area is 204 Å². The smallest absolute Gasteiger partial charge is 0.271 e. The summed E-state index contributed by atoms with van der Waals surface area (Å²) in [4.78, 5) is 22.9. The van der Waals surface area contributed by atoms with Gasteiger partial charge in [-0.25, -0.2) is 0 Å². The maximum Gasteiger partial charge on any atom is 0.271 e. The Morgan fingerprint density at radius 1 is 1.15 bits per heavy atom. The molecule has 0 saturated heterocycles. The number of carbonyl (C=O) groups excluding carboxylic acids is 1. The van der Waals surface area contributed by atoms with E-state index in [2.05, 4.69) is 15.5 Å². The van der Waals surface area contributed by atoms with Crippen LogP contribution in [-0.4, -0.2) is 52.7 Å². The van der Waals surface area contributed by atoms with E-state index in [4.69, 9.17) is 25.8 Å². The Hall–Kier alpha value is -3.51. The molecular formula is C21H22ClN5O6S. The number of non-ortho nitro benzene ring substituents is 1. The van der Waals surface area contributed by atoms with Gasteiger partial charge in [-0.05, 0) is 25.1 Å². The molecule has 11 nitrogen and oxygen atoms in total. The van der Waals surface area contributed by atoms with Crippen LogP contribution in [0.2, 0.25) is 5.02 Å². The van der Waals surface area contributed by atoms with Gasteiger partial charge in [0.25, 0.3) is 5.69 Å². The number of aromatic nitrogens is 3. The van der Waals surface area contributed by atoms with E-state index in [1.807, 2.05) is 11.5 Å². The molecule has 1 aromatic heterocycles. The minimum atomic E-state index is -0.560. The molecule has 0 aliphatic carbocycles. The van der Waals surface area contributed by atoms with Crippen molar-refractivity contribution in [3.63, 3.8) is 0 Å². The number of thioether (sulfide) groups is 1. The number of hydrogen-bond acceptors (Lipinski definition) is 9. The summed E-state index contributed by atoms with van der Waals surface area (Å²) in [5, 5.41) is 22.8. The van der Waals surface area contributed by atoms with Gasteiger partial charge in [0.1, 0.15) is 0 Å². The van der Waals surface area contributed by atoms with Gasteiger partial charge in [0.2, 0.25) is 11.7 Å². The first-order valence-electron chi connectivity index (χ1n) is 9.93. The van der Waals surface area contributed by atoms with E-state index in [9.17, 15) is 14.9 Å². The fraction of sp³-hybridized carbons (Fsp3) is 0.286.